The first-order valence-electron chi connectivity index (χ1n) is 9.27. The van der Waals surface area contributed by atoms with E-state index < -0.39 is 29.2 Å². The molecule has 0 bridgehead atoms. The average Bonchev–Trinajstić information content (AvgIpc) is 2.71. The van der Waals surface area contributed by atoms with E-state index in [9.17, 15) is 19.2 Å². The molecular formula is C21H21N3O5. The number of amides is 1. The number of benzene rings is 2. The molecule has 0 spiro atoms. The van der Waals surface area contributed by atoms with Crippen LogP contribution in [0.4, 0.5) is 5.69 Å². The van der Waals surface area contributed by atoms with Gasteiger partial charge in [-0.05, 0) is 43.7 Å². The summed E-state index contributed by atoms with van der Waals surface area (Å²) in [6, 6.07) is 11.9. The fraction of sp³-hybridized carbons (Fsp3) is 0.238. The fourth-order valence-electron chi connectivity index (χ4n) is 3.11. The molecule has 1 atom stereocenters. The maximum absolute atomic E-state index is 12.9. The molecule has 3 aromatic rings. The minimum absolute atomic E-state index is 0.227. The highest BCUT2D eigenvalue weighted by Crippen LogP contribution is 2.16. The molecule has 0 radical (unpaired) electrons. The first-order chi connectivity index (χ1) is 14.0. The van der Waals surface area contributed by atoms with Gasteiger partial charge in [0.25, 0.3) is 5.56 Å². The van der Waals surface area contributed by atoms with Crippen molar-refractivity contribution in [1.82, 2.24) is 9.55 Å². The fourth-order valence-corrected chi connectivity index (χ4v) is 3.11. The third-order valence-corrected chi connectivity index (χ3v) is 4.48. The molecule has 150 valence electrons. The highest BCUT2D eigenvalue weighted by molar-refractivity contribution is 5.96. The van der Waals surface area contributed by atoms with Crippen LogP contribution in [0.25, 0.3) is 10.9 Å². The number of ether oxygens (including phenoxy) is 1. The summed E-state index contributed by atoms with van der Waals surface area (Å²) in [6.45, 7) is 3.65. The van der Waals surface area contributed by atoms with Crippen LogP contribution in [-0.2, 0) is 9.53 Å². The van der Waals surface area contributed by atoms with Gasteiger partial charge < -0.3 is 15.0 Å². The molecular weight excluding hydrogens is 374 g/mol. The van der Waals surface area contributed by atoms with Gasteiger partial charge in [-0.15, -0.1) is 0 Å². The number of rotatable bonds is 6. The Morgan fingerprint density at radius 1 is 1.10 bits per heavy atom. The molecule has 0 aliphatic rings. The largest absolute Gasteiger partial charge is 0.462 e. The number of anilines is 1. The number of aromatic nitrogens is 2. The number of hydrogen-bond donors (Lipinski definition) is 2. The van der Waals surface area contributed by atoms with Crippen LogP contribution in [0.5, 0.6) is 0 Å². The number of aromatic amines is 1. The zero-order valence-corrected chi connectivity index (χ0v) is 16.1. The molecule has 1 heterocycles. The molecule has 1 aromatic heterocycles. The van der Waals surface area contributed by atoms with Crippen molar-refractivity contribution in [2.75, 3.05) is 11.9 Å². The van der Waals surface area contributed by atoms with Gasteiger partial charge in [-0.2, -0.15) is 0 Å². The van der Waals surface area contributed by atoms with E-state index in [-0.39, 0.29) is 13.0 Å². The topological polar surface area (TPSA) is 110 Å². The van der Waals surface area contributed by atoms with Crippen molar-refractivity contribution >= 4 is 28.5 Å². The standard InChI is InChI=1S/C21H21N3O5/c1-3-17(24-19(26)15-10-5-6-11-16(15)23-21(24)28)18(25)22-14-9-7-8-13(12-14)20(27)29-4-2/h5-12,17H,3-4H2,1-2H3,(H,22,25)(H,23,28). The number of carbonyl (C=O) groups excluding carboxylic acids is 2. The SMILES string of the molecule is CCOC(=O)c1cccc(NC(=O)C(CC)n2c(=O)[nH]c3ccccc3c2=O)c1. The maximum atomic E-state index is 12.9. The van der Waals surface area contributed by atoms with Gasteiger partial charge in [0.1, 0.15) is 6.04 Å². The summed E-state index contributed by atoms with van der Waals surface area (Å²) in [4.78, 5) is 52.7. The van der Waals surface area contributed by atoms with Crippen LogP contribution in [-0.4, -0.2) is 28.0 Å². The van der Waals surface area contributed by atoms with Crippen molar-refractivity contribution in [3.63, 3.8) is 0 Å². The molecule has 2 N–H and O–H groups in total. The molecule has 3 rings (SSSR count). The Kier molecular flexibility index (Phi) is 5.92. The number of hydrogen-bond acceptors (Lipinski definition) is 5. The Morgan fingerprint density at radius 3 is 2.59 bits per heavy atom. The van der Waals surface area contributed by atoms with Crippen LogP contribution in [0.1, 0.15) is 36.7 Å². The molecule has 1 unspecified atom stereocenters. The number of carbonyl (C=O) groups is 2. The van der Waals surface area contributed by atoms with Gasteiger partial charge in [0.05, 0.1) is 23.1 Å². The summed E-state index contributed by atoms with van der Waals surface area (Å²) in [5, 5.41) is 2.99. The Labute approximate surface area is 166 Å². The van der Waals surface area contributed by atoms with Crippen LogP contribution >= 0.6 is 0 Å². The molecule has 8 nitrogen and oxygen atoms in total. The molecule has 29 heavy (non-hydrogen) atoms. The number of para-hydroxylation sites is 1. The molecule has 2 aromatic carbocycles. The van der Waals surface area contributed by atoms with Crippen molar-refractivity contribution < 1.29 is 14.3 Å². The van der Waals surface area contributed by atoms with Gasteiger partial charge in [-0.1, -0.05) is 25.1 Å². The number of fused-ring (bicyclic) bond motifs is 1. The predicted octanol–water partition coefficient (Wildman–Crippen LogP) is 2.46. The summed E-state index contributed by atoms with van der Waals surface area (Å²) in [5.41, 5.74) is -0.124. The minimum atomic E-state index is -1.01. The Morgan fingerprint density at radius 2 is 1.86 bits per heavy atom. The van der Waals surface area contributed by atoms with Crippen LogP contribution in [0.15, 0.2) is 58.1 Å². The average molecular weight is 395 g/mol. The lowest BCUT2D eigenvalue weighted by atomic mass is 10.1. The number of nitrogens with one attached hydrogen (secondary N) is 2. The van der Waals surface area contributed by atoms with Gasteiger partial charge in [-0.3, -0.25) is 9.59 Å². The van der Waals surface area contributed by atoms with Gasteiger partial charge in [0, 0.05) is 5.69 Å². The molecule has 0 fully saturated rings. The summed E-state index contributed by atoms with van der Waals surface area (Å²) in [7, 11) is 0. The van der Waals surface area contributed by atoms with Crippen molar-refractivity contribution in [3.05, 3.63) is 74.9 Å². The Balaban J connectivity index is 1.94. The van der Waals surface area contributed by atoms with Gasteiger partial charge in [0.15, 0.2) is 0 Å². The van der Waals surface area contributed by atoms with Crippen molar-refractivity contribution in [2.24, 2.45) is 0 Å². The predicted molar refractivity (Wildman–Crippen MR) is 109 cm³/mol. The zero-order chi connectivity index (χ0) is 21.0. The van der Waals surface area contributed by atoms with E-state index in [1.165, 1.54) is 6.07 Å². The van der Waals surface area contributed by atoms with Crippen LogP contribution in [0.2, 0.25) is 0 Å². The molecule has 0 saturated heterocycles. The van der Waals surface area contributed by atoms with E-state index in [2.05, 4.69) is 10.3 Å². The number of nitrogens with zero attached hydrogens (tertiary/aromatic N) is 1. The Hall–Kier alpha value is -3.68. The van der Waals surface area contributed by atoms with Gasteiger partial charge >= 0.3 is 11.7 Å². The molecule has 1 amide bonds. The highest BCUT2D eigenvalue weighted by atomic mass is 16.5. The monoisotopic (exact) mass is 395 g/mol. The van der Waals surface area contributed by atoms with E-state index in [1.54, 1.807) is 56.3 Å². The van der Waals surface area contributed by atoms with Crippen LogP contribution in [0.3, 0.4) is 0 Å². The summed E-state index contributed by atoms with van der Waals surface area (Å²) in [6.07, 6.45) is 0.227. The van der Waals surface area contributed by atoms with Crippen molar-refractivity contribution in [3.8, 4) is 0 Å². The summed E-state index contributed by atoms with van der Waals surface area (Å²) >= 11 is 0. The lowest BCUT2D eigenvalue weighted by Gasteiger charge is -2.17. The van der Waals surface area contributed by atoms with Gasteiger partial charge in [-0.25, -0.2) is 14.2 Å². The van der Waals surface area contributed by atoms with Crippen molar-refractivity contribution in [2.45, 2.75) is 26.3 Å². The van der Waals surface area contributed by atoms with E-state index in [1.807, 2.05) is 0 Å². The third kappa shape index (κ3) is 4.11. The smallest absolute Gasteiger partial charge is 0.338 e. The number of esters is 1. The second kappa shape index (κ2) is 8.55. The molecule has 0 aliphatic heterocycles. The summed E-state index contributed by atoms with van der Waals surface area (Å²) < 4.78 is 5.88. The zero-order valence-electron chi connectivity index (χ0n) is 16.1. The first kappa shape index (κ1) is 20.1. The second-order valence-electron chi connectivity index (χ2n) is 6.37. The first-order valence-corrected chi connectivity index (χ1v) is 9.27. The maximum Gasteiger partial charge on any atom is 0.338 e. The third-order valence-electron chi connectivity index (χ3n) is 4.48. The molecule has 0 aliphatic carbocycles. The minimum Gasteiger partial charge on any atom is -0.462 e. The van der Waals surface area contributed by atoms with Crippen molar-refractivity contribution in [1.29, 1.82) is 0 Å². The summed E-state index contributed by atoms with van der Waals surface area (Å²) in [5.74, 6) is -1.03. The lowest BCUT2D eigenvalue weighted by molar-refractivity contribution is -0.119. The highest BCUT2D eigenvalue weighted by Gasteiger charge is 2.23. The van der Waals surface area contributed by atoms with E-state index >= 15 is 0 Å². The van der Waals surface area contributed by atoms with E-state index in [4.69, 9.17) is 4.74 Å². The number of H-pyrrole nitrogens is 1. The van der Waals surface area contributed by atoms with Crippen LogP contribution < -0.4 is 16.6 Å². The second-order valence-corrected chi connectivity index (χ2v) is 6.37. The molecule has 0 saturated carbocycles. The molecule has 8 heteroatoms. The van der Waals surface area contributed by atoms with Gasteiger partial charge in [0.2, 0.25) is 5.91 Å². The lowest BCUT2D eigenvalue weighted by Crippen LogP contribution is -2.42. The normalized spacial score (nSPS) is 11.8. The van der Waals surface area contributed by atoms with Crippen LogP contribution in [0, 0.1) is 0 Å². The van der Waals surface area contributed by atoms with E-state index in [0.717, 1.165) is 4.57 Å². The quantitative estimate of drug-likeness (QED) is 0.623. The Bertz CT molecular complexity index is 1180. The van der Waals surface area contributed by atoms with E-state index in [0.29, 0.717) is 22.2 Å².